The van der Waals surface area contributed by atoms with Crippen LogP contribution in [0.3, 0.4) is 0 Å². The van der Waals surface area contributed by atoms with Crippen molar-refractivity contribution in [3.8, 4) is 0 Å². The topological polar surface area (TPSA) is 0 Å². The Morgan fingerprint density at radius 3 is 1.50 bits per heavy atom. The van der Waals surface area contributed by atoms with Gasteiger partial charge in [0.05, 0.1) is 0 Å². The minimum absolute atomic E-state index is 0.0556. The van der Waals surface area contributed by atoms with E-state index in [9.17, 15) is 0 Å². The Kier molecular flexibility index (Phi) is 3.52. The summed E-state index contributed by atoms with van der Waals surface area (Å²) in [6.07, 6.45) is 2.71. The molecule has 2 aromatic rings. The molecule has 2 heteroatoms. The summed E-state index contributed by atoms with van der Waals surface area (Å²) < 4.78 is 0. The van der Waals surface area contributed by atoms with Crippen molar-refractivity contribution in [2.24, 2.45) is 0 Å². The highest BCUT2D eigenvalue weighted by atomic mass is 31.1. The molecule has 0 saturated carbocycles. The number of hydrogen-bond donors (Lipinski definition) is 0. The fourth-order valence-electron chi connectivity index (χ4n) is 3.09. The van der Waals surface area contributed by atoms with Crippen molar-refractivity contribution in [3.05, 3.63) is 71.8 Å². The monoisotopic (exact) mass is 252 g/mol. The highest BCUT2D eigenvalue weighted by molar-refractivity contribution is 7.82. The highest BCUT2D eigenvalue weighted by Crippen LogP contribution is 2.67. The highest BCUT2D eigenvalue weighted by Gasteiger charge is 2.33. The Balaban J connectivity index is 1.83. The number of hydrogen-bond acceptors (Lipinski definition) is 0. The lowest BCUT2D eigenvalue weighted by Crippen LogP contribution is -1.93. The summed E-state index contributed by atoms with van der Waals surface area (Å²) in [5, 5.41) is 0. The second-order valence-electron chi connectivity index (χ2n) is 5.10. The molecule has 18 heavy (non-hydrogen) atoms. The molecule has 1 heterocycles. The molecule has 1 fully saturated rings. The molecule has 0 spiro atoms. The average Bonchev–Trinajstić information content (AvgIpc) is 2.83. The van der Waals surface area contributed by atoms with Gasteiger partial charge in [-0.3, -0.25) is 0 Å². The van der Waals surface area contributed by atoms with Crippen LogP contribution in [0.2, 0.25) is 0 Å². The van der Waals surface area contributed by atoms with E-state index in [-0.39, 0.29) is 7.80 Å². The molecule has 0 aromatic heterocycles. The van der Waals surface area contributed by atoms with Gasteiger partial charge in [-0.05, 0) is 35.3 Å². The van der Waals surface area contributed by atoms with Gasteiger partial charge in [0.25, 0.3) is 0 Å². The Morgan fingerprint density at radius 2 is 1.11 bits per heavy atom. The lowest BCUT2D eigenvalue weighted by atomic mass is 10.0. The maximum Gasteiger partial charge on any atom is 0.135 e. The van der Waals surface area contributed by atoms with Crippen LogP contribution in [0.4, 0.5) is 0 Å². The van der Waals surface area contributed by atoms with Crippen LogP contribution in [0, 0.1) is 0 Å². The first-order valence-corrected chi connectivity index (χ1v) is 8.61. The summed E-state index contributed by atoms with van der Waals surface area (Å²) >= 11 is 0. The van der Waals surface area contributed by atoms with Crippen LogP contribution >= 0.6 is 7.80 Å². The third-order valence-electron chi connectivity index (χ3n) is 4.07. The minimum atomic E-state index is 0.0556. The summed E-state index contributed by atoms with van der Waals surface area (Å²) in [6.45, 7) is 0. The van der Waals surface area contributed by atoms with Gasteiger partial charge >= 0.3 is 0 Å². The molecular formula is C16H18BP. The summed E-state index contributed by atoms with van der Waals surface area (Å²) in [4.78, 5) is 0. The van der Waals surface area contributed by atoms with Crippen molar-refractivity contribution in [1.82, 2.24) is 0 Å². The standard InChI is InChI=1S/C16H18BP/c17-18-15(13-7-3-1-4-8-13)11-12-16(18)14-9-5-2-6-10-14/h1-10,15-16H,11-12,17H2/t15-,16-/m0/s1. The first-order chi connectivity index (χ1) is 8.86. The fraction of sp³-hybridized carbons (Fsp3) is 0.250. The molecule has 0 aliphatic carbocycles. The van der Waals surface area contributed by atoms with E-state index in [1.54, 1.807) is 11.1 Å². The zero-order chi connectivity index (χ0) is 12.4. The summed E-state index contributed by atoms with van der Waals surface area (Å²) in [6, 6.07) is 22.1. The van der Waals surface area contributed by atoms with Crippen molar-refractivity contribution in [2.45, 2.75) is 24.2 Å². The summed E-state index contributed by atoms with van der Waals surface area (Å²) in [7, 11) is 2.54. The molecule has 0 N–H and O–H groups in total. The Morgan fingerprint density at radius 1 is 0.722 bits per heavy atom. The Labute approximate surface area is 112 Å². The van der Waals surface area contributed by atoms with Gasteiger partial charge < -0.3 is 0 Å². The lowest BCUT2D eigenvalue weighted by Gasteiger charge is -2.22. The fourth-order valence-corrected chi connectivity index (χ4v) is 5.93. The maximum absolute atomic E-state index is 2.48. The Hall–Kier alpha value is -1.07. The molecule has 0 radical (unpaired) electrons. The minimum Gasteiger partial charge on any atom is -0.134 e. The van der Waals surface area contributed by atoms with E-state index >= 15 is 0 Å². The summed E-state index contributed by atoms with van der Waals surface area (Å²) in [5.74, 6) is 0. The number of rotatable bonds is 2. The lowest BCUT2D eigenvalue weighted by molar-refractivity contribution is 0.765. The number of benzene rings is 2. The van der Waals surface area contributed by atoms with E-state index < -0.39 is 0 Å². The van der Waals surface area contributed by atoms with E-state index in [1.807, 2.05) is 0 Å². The first kappa shape index (κ1) is 12.0. The van der Waals surface area contributed by atoms with Gasteiger partial charge in [0.2, 0.25) is 0 Å². The SMILES string of the molecule is BP1[C@H](c2ccccc2)CC[C@H]1c1ccccc1. The predicted octanol–water partition coefficient (Wildman–Crippen LogP) is 4.29. The van der Waals surface area contributed by atoms with Gasteiger partial charge in [-0.1, -0.05) is 60.7 Å². The molecule has 1 aliphatic rings. The first-order valence-electron chi connectivity index (χ1n) is 6.68. The zero-order valence-electron chi connectivity index (χ0n) is 10.8. The maximum atomic E-state index is 2.48. The van der Waals surface area contributed by atoms with Gasteiger partial charge in [0.1, 0.15) is 7.57 Å². The van der Waals surface area contributed by atoms with Crippen LogP contribution in [0.25, 0.3) is 0 Å². The molecule has 2 aromatic carbocycles. The largest absolute Gasteiger partial charge is 0.135 e. The van der Waals surface area contributed by atoms with E-state index in [0.717, 1.165) is 11.3 Å². The summed E-state index contributed by atoms with van der Waals surface area (Å²) in [5.41, 5.74) is 4.69. The van der Waals surface area contributed by atoms with Gasteiger partial charge in [-0.25, -0.2) is 0 Å². The second-order valence-corrected chi connectivity index (χ2v) is 7.67. The van der Waals surface area contributed by atoms with Crippen LogP contribution in [0.15, 0.2) is 60.7 Å². The zero-order valence-corrected chi connectivity index (χ0v) is 11.7. The van der Waals surface area contributed by atoms with Gasteiger partial charge in [0, 0.05) is 0 Å². The molecule has 0 nitrogen and oxygen atoms in total. The second kappa shape index (κ2) is 5.28. The van der Waals surface area contributed by atoms with Crippen LogP contribution < -0.4 is 0 Å². The van der Waals surface area contributed by atoms with Gasteiger partial charge in [0.15, 0.2) is 0 Å². The molecule has 0 amide bonds. The van der Waals surface area contributed by atoms with E-state index in [4.69, 9.17) is 0 Å². The average molecular weight is 252 g/mol. The van der Waals surface area contributed by atoms with Crippen LogP contribution in [-0.4, -0.2) is 7.57 Å². The molecule has 1 aliphatic heterocycles. The van der Waals surface area contributed by atoms with Crippen molar-refractivity contribution in [2.75, 3.05) is 0 Å². The van der Waals surface area contributed by atoms with Crippen LogP contribution in [0.1, 0.15) is 35.3 Å². The van der Waals surface area contributed by atoms with Gasteiger partial charge in [-0.2, -0.15) is 0 Å². The molecule has 3 rings (SSSR count). The molecule has 2 atom stereocenters. The molecule has 0 unspecified atom stereocenters. The van der Waals surface area contributed by atoms with Crippen molar-refractivity contribution in [1.29, 1.82) is 0 Å². The van der Waals surface area contributed by atoms with E-state index in [2.05, 4.69) is 68.2 Å². The third-order valence-corrected chi connectivity index (χ3v) is 7.14. The Bertz CT molecular complexity index is 450. The molecule has 90 valence electrons. The van der Waals surface area contributed by atoms with E-state index in [1.165, 1.54) is 12.8 Å². The molecule has 0 bridgehead atoms. The normalized spacial score (nSPS) is 24.2. The predicted molar refractivity (Wildman–Crippen MR) is 83.1 cm³/mol. The smallest absolute Gasteiger partial charge is 0.134 e. The van der Waals surface area contributed by atoms with E-state index in [0.29, 0.717) is 0 Å². The van der Waals surface area contributed by atoms with Crippen LogP contribution in [0.5, 0.6) is 0 Å². The quantitative estimate of drug-likeness (QED) is 0.552. The molecule has 1 saturated heterocycles. The van der Waals surface area contributed by atoms with Crippen LogP contribution in [-0.2, 0) is 0 Å². The molecular weight excluding hydrogens is 234 g/mol. The van der Waals surface area contributed by atoms with Crippen molar-refractivity contribution < 1.29 is 0 Å². The van der Waals surface area contributed by atoms with Crippen molar-refractivity contribution >= 4 is 15.4 Å². The third kappa shape index (κ3) is 2.25. The van der Waals surface area contributed by atoms with Gasteiger partial charge in [-0.15, -0.1) is 7.80 Å². The van der Waals surface area contributed by atoms with Crippen molar-refractivity contribution in [3.63, 3.8) is 0 Å².